The van der Waals surface area contributed by atoms with Crippen molar-refractivity contribution in [2.24, 2.45) is 0 Å². The minimum absolute atomic E-state index is 0.168. The summed E-state index contributed by atoms with van der Waals surface area (Å²) < 4.78 is 43.0. The van der Waals surface area contributed by atoms with Crippen molar-refractivity contribution < 1.29 is 17.9 Å². The molecule has 0 aliphatic carbocycles. The number of alkyl halides is 3. The molecular formula is C13H13F3N2O. The van der Waals surface area contributed by atoms with Gasteiger partial charge in [0.05, 0.1) is 18.2 Å². The number of benzene rings is 1. The topological polar surface area (TPSA) is 36.3 Å². The van der Waals surface area contributed by atoms with Crippen LogP contribution in [0.2, 0.25) is 0 Å². The van der Waals surface area contributed by atoms with Gasteiger partial charge in [0, 0.05) is 18.2 Å². The summed E-state index contributed by atoms with van der Waals surface area (Å²) in [7, 11) is 0. The van der Waals surface area contributed by atoms with Crippen LogP contribution in [0.1, 0.15) is 18.1 Å². The maximum atomic E-state index is 12.5. The fourth-order valence-corrected chi connectivity index (χ4v) is 2.02. The molecule has 0 aromatic heterocycles. The average Bonchev–Trinajstić information content (AvgIpc) is 2.48. The number of halogens is 3. The van der Waals surface area contributed by atoms with E-state index in [4.69, 9.17) is 10.00 Å². The summed E-state index contributed by atoms with van der Waals surface area (Å²) in [5.41, 5.74) is 1.11. The normalized spacial score (nSPS) is 20.1. The van der Waals surface area contributed by atoms with Crippen LogP contribution in [-0.2, 0) is 6.54 Å². The highest BCUT2D eigenvalue weighted by Crippen LogP contribution is 2.28. The van der Waals surface area contributed by atoms with Gasteiger partial charge < -0.3 is 4.74 Å². The van der Waals surface area contributed by atoms with Gasteiger partial charge in [-0.2, -0.15) is 18.4 Å². The summed E-state index contributed by atoms with van der Waals surface area (Å²) in [6, 6.07) is 6.45. The molecule has 1 heterocycles. The van der Waals surface area contributed by atoms with Crippen molar-refractivity contribution >= 4 is 0 Å². The first-order chi connectivity index (χ1) is 8.89. The summed E-state index contributed by atoms with van der Waals surface area (Å²) in [4.78, 5) is 1.33. The zero-order chi connectivity index (χ0) is 14.0. The Morgan fingerprint density at radius 2 is 2.21 bits per heavy atom. The lowest BCUT2D eigenvalue weighted by molar-refractivity contribution is -0.152. The van der Waals surface area contributed by atoms with E-state index in [0.29, 0.717) is 16.9 Å². The molecule has 2 rings (SSSR count). The minimum Gasteiger partial charge on any atom is -0.492 e. The molecule has 6 heteroatoms. The van der Waals surface area contributed by atoms with E-state index < -0.39 is 12.7 Å². The summed E-state index contributed by atoms with van der Waals surface area (Å²) in [5, 5.41) is 8.80. The largest absolute Gasteiger partial charge is 0.492 e. The molecule has 19 heavy (non-hydrogen) atoms. The van der Waals surface area contributed by atoms with Crippen LogP contribution in [0.15, 0.2) is 18.2 Å². The van der Waals surface area contributed by atoms with Crippen molar-refractivity contribution in [2.75, 3.05) is 13.2 Å². The highest BCUT2D eigenvalue weighted by Gasteiger charge is 2.34. The molecule has 1 aliphatic heterocycles. The molecular weight excluding hydrogens is 257 g/mol. The van der Waals surface area contributed by atoms with Gasteiger partial charge in [-0.05, 0) is 19.1 Å². The van der Waals surface area contributed by atoms with Gasteiger partial charge in [-0.15, -0.1) is 0 Å². The third kappa shape index (κ3) is 3.38. The Kier molecular flexibility index (Phi) is 3.67. The molecule has 0 radical (unpaired) electrons. The number of nitriles is 1. The molecule has 1 aromatic carbocycles. The van der Waals surface area contributed by atoms with Gasteiger partial charge in [-0.3, -0.25) is 4.90 Å². The van der Waals surface area contributed by atoms with Crippen LogP contribution in [0.25, 0.3) is 0 Å². The second-order valence-corrected chi connectivity index (χ2v) is 4.61. The van der Waals surface area contributed by atoms with E-state index in [1.165, 1.54) is 4.90 Å². The summed E-state index contributed by atoms with van der Waals surface area (Å²) in [5.74, 6) is 0.496. The van der Waals surface area contributed by atoms with Crippen molar-refractivity contribution in [3.8, 4) is 11.8 Å². The molecule has 0 spiro atoms. The van der Waals surface area contributed by atoms with Crippen LogP contribution in [0.5, 0.6) is 5.75 Å². The number of nitrogens with zero attached hydrogens (tertiary/aromatic N) is 2. The van der Waals surface area contributed by atoms with Gasteiger partial charge in [0.2, 0.25) is 0 Å². The van der Waals surface area contributed by atoms with Crippen LogP contribution >= 0.6 is 0 Å². The first-order valence-corrected chi connectivity index (χ1v) is 5.85. The maximum Gasteiger partial charge on any atom is 0.401 e. The molecule has 0 saturated carbocycles. The van der Waals surface area contributed by atoms with Gasteiger partial charge in [0.25, 0.3) is 0 Å². The summed E-state index contributed by atoms with van der Waals surface area (Å²) in [6.45, 7) is 1.08. The molecule has 1 aromatic rings. The zero-order valence-corrected chi connectivity index (χ0v) is 10.4. The van der Waals surface area contributed by atoms with Crippen molar-refractivity contribution in [3.63, 3.8) is 0 Å². The fourth-order valence-electron chi connectivity index (χ4n) is 2.02. The van der Waals surface area contributed by atoms with E-state index in [0.717, 1.165) is 0 Å². The van der Waals surface area contributed by atoms with Crippen molar-refractivity contribution in [2.45, 2.75) is 25.7 Å². The van der Waals surface area contributed by atoms with Gasteiger partial charge in [-0.25, -0.2) is 0 Å². The van der Waals surface area contributed by atoms with Gasteiger partial charge >= 0.3 is 6.18 Å². The van der Waals surface area contributed by atoms with Gasteiger partial charge in [-0.1, -0.05) is 6.07 Å². The second kappa shape index (κ2) is 5.10. The average molecular weight is 270 g/mol. The zero-order valence-electron chi connectivity index (χ0n) is 10.4. The Morgan fingerprint density at radius 1 is 1.47 bits per heavy atom. The molecule has 0 bridgehead atoms. The van der Waals surface area contributed by atoms with Gasteiger partial charge in [0.1, 0.15) is 12.4 Å². The number of hydrogen-bond donors (Lipinski definition) is 0. The van der Waals surface area contributed by atoms with Crippen LogP contribution in [-0.4, -0.2) is 30.3 Å². The molecule has 0 unspecified atom stereocenters. The first-order valence-electron chi connectivity index (χ1n) is 5.85. The first kappa shape index (κ1) is 13.7. The SMILES string of the molecule is C[C@H]1COc2cc(C#N)ccc2CN1CC(F)(F)F. The molecule has 102 valence electrons. The lowest BCUT2D eigenvalue weighted by Gasteiger charge is -2.26. The lowest BCUT2D eigenvalue weighted by Crippen LogP contribution is -2.41. The maximum absolute atomic E-state index is 12.5. The smallest absolute Gasteiger partial charge is 0.401 e. The molecule has 0 amide bonds. The summed E-state index contributed by atoms with van der Waals surface area (Å²) in [6.07, 6.45) is -4.23. The molecule has 1 aliphatic rings. The highest BCUT2D eigenvalue weighted by molar-refractivity contribution is 5.43. The predicted molar refractivity (Wildman–Crippen MR) is 62.6 cm³/mol. The Bertz CT molecular complexity index is 508. The van der Waals surface area contributed by atoms with Crippen LogP contribution in [0, 0.1) is 11.3 Å². The third-order valence-corrected chi connectivity index (χ3v) is 3.06. The molecule has 0 saturated heterocycles. The Morgan fingerprint density at radius 3 is 2.84 bits per heavy atom. The highest BCUT2D eigenvalue weighted by atomic mass is 19.4. The van der Waals surface area contributed by atoms with Crippen molar-refractivity contribution in [1.82, 2.24) is 4.90 Å². The quantitative estimate of drug-likeness (QED) is 0.787. The molecule has 0 fully saturated rings. The fraction of sp³-hybridized carbons (Fsp3) is 0.462. The predicted octanol–water partition coefficient (Wildman–Crippen LogP) is 2.70. The van der Waals surface area contributed by atoms with E-state index in [2.05, 4.69) is 0 Å². The van der Waals surface area contributed by atoms with Crippen molar-refractivity contribution in [3.05, 3.63) is 29.3 Å². The molecule has 3 nitrogen and oxygen atoms in total. The minimum atomic E-state index is -4.23. The van der Waals surface area contributed by atoms with Crippen LogP contribution in [0.4, 0.5) is 13.2 Å². The van der Waals surface area contributed by atoms with Crippen LogP contribution < -0.4 is 4.74 Å². The Labute approximate surface area is 109 Å². The van der Waals surface area contributed by atoms with E-state index in [1.807, 2.05) is 6.07 Å². The van der Waals surface area contributed by atoms with Crippen molar-refractivity contribution in [1.29, 1.82) is 5.26 Å². The number of fused-ring (bicyclic) bond motifs is 1. The lowest BCUT2D eigenvalue weighted by atomic mass is 10.1. The van der Waals surface area contributed by atoms with Crippen LogP contribution in [0.3, 0.4) is 0 Å². The van der Waals surface area contributed by atoms with E-state index in [9.17, 15) is 13.2 Å². The van der Waals surface area contributed by atoms with E-state index in [1.54, 1.807) is 25.1 Å². The van der Waals surface area contributed by atoms with E-state index in [-0.39, 0.29) is 19.2 Å². The second-order valence-electron chi connectivity index (χ2n) is 4.61. The number of hydrogen-bond acceptors (Lipinski definition) is 3. The summed E-state index contributed by atoms with van der Waals surface area (Å²) >= 11 is 0. The van der Waals surface area contributed by atoms with Gasteiger partial charge in [0.15, 0.2) is 0 Å². The van der Waals surface area contributed by atoms with E-state index >= 15 is 0 Å². The number of ether oxygens (including phenoxy) is 1. The third-order valence-electron chi connectivity index (χ3n) is 3.06. The Hall–Kier alpha value is -1.74. The molecule has 0 N–H and O–H groups in total. The Balaban J connectivity index is 2.24. The number of rotatable bonds is 1. The monoisotopic (exact) mass is 270 g/mol. The standard InChI is InChI=1S/C13H13F3N2O/c1-9-7-19-12-4-10(5-17)2-3-11(12)6-18(9)8-13(14,15)16/h2-4,9H,6-8H2,1H3/t9-/m0/s1. The molecule has 1 atom stereocenters.